The number of nitrogen functional groups attached to an aromatic ring is 1. The van der Waals surface area contributed by atoms with Gasteiger partial charge in [0.15, 0.2) is 5.78 Å². The Kier molecular flexibility index (Phi) is 4.26. The molecule has 0 atom stereocenters. The van der Waals surface area contributed by atoms with Gasteiger partial charge in [0.1, 0.15) is 0 Å². The van der Waals surface area contributed by atoms with E-state index in [1.807, 2.05) is 6.92 Å². The van der Waals surface area contributed by atoms with Gasteiger partial charge in [-0.3, -0.25) is 9.59 Å². The highest BCUT2D eigenvalue weighted by Crippen LogP contribution is 2.23. The fourth-order valence-corrected chi connectivity index (χ4v) is 1.78. The number of ketones is 1. The molecule has 1 rings (SSSR count). The number of unbranched alkanes of at least 4 members (excludes halogenated alkanes) is 1. The van der Waals surface area contributed by atoms with Crippen LogP contribution in [0.4, 0.5) is 5.69 Å². The van der Waals surface area contributed by atoms with Crippen LogP contribution in [0.3, 0.4) is 0 Å². The number of primary amides is 1. The Labute approximate surface area is 101 Å². The van der Waals surface area contributed by atoms with Crippen molar-refractivity contribution in [1.82, 2.24) is 0 Å². The van der Waals surface area contributed by atoms with Crippen molar-refractivity contribution in [2.75, 3.05) is 5.73 Å². The highest BCUT2D eigenvalue weighted by atomic mass is 16.1. The van der Waals surface area contributed by atoms with Gasteiger partial charge < -0.3 is 11.5 Å². The second kappa shape index (κ2) is 5.48. The Morgan fingerprint density at radius 1 is 1.29 bits per heavy atom. The predicted octanol–water partition coefficient (Wildman–Crippen LogP) is 2.05. The van der Waals surface area contributed by atoms with Crippen molar-refractivity contribution in [3.8, 4) is 0 Å². The Hall–Kier alpha value is -1.84. The first-order chi connectivity index (χ1) is 7.99. The fourth-order valence-electron chi connectivity index (χ4n) is 1.78. The van der Waals surface area contributed by atoms with Crippen molar-refractivity contribution in [3.05, 3.63) is 28.8 Å². The largest absolute Gasteiger partial charge is 0.397 e. The standard InChI is InChI=1S/C13H18N2O2/c1-3-4-5-10(16)11-8(2)6-7-9(12(11)14)13(15)17/h6-7H,3-5,14H2,1-2H3,(H2,15,17). The van der Waals surface area contributed by atoms with Gasteiger partial charge in [-0.2, -0.15) is 0 Å². The van der Waals surface area contributed by atoms with E-state index in [1.54, 1.807) is 19.1 Å². The maximum Gasteiger partial charge on any atom is 0.250 e. The van der Waals surface area contributed by atoms with Crippen molar-refractivity contribution in [2.24, 2.45) is 5.73 Å². The van der Waals surface area contributed by atoms with E-state index < -0.39 is 5.91 Å². The monoisotopic (exact) mass is 234 g/mol. The van der Waals surface area contributed by atoms with E-state index in [0.717, 1.165) is 18.4 Å². The van der Waals surface area contributed by atoms with Gasteiger partial charge in [-0.15, -0.1) is 0 Å². The van der Waals surface area contributed by atoms with Crippen LogP contribution in [-0.4, -0.2) is 11.7 Å². The van der Waals surface area contributed by atoms with E-state index in [2.05, 4.69) is 0 Å². The summed E-state index contributed by atoms with van der Waals surface area (Å²) in [5.74, 6) is -0.628. The van der Waals surface area contributed by atoms with Crippen LogP contribution in [0.5, 0.6) is 0 Å². The molecule has 92 valence electrons. The number of Topliss-reactive ketones (excluding diaryl/α,β-unsaturated/α-hetero) is 1. The van der Waals surface area contributed by atoms with Gasteiger partial charge >= 0.3 is 0 Å². The summed E-state index contributed by atoms with van der Waals surface area (Å²) in [6.45, 7) is 3.82. The fraction of sp³-hybridized carbons (Fsp3) is 0.385. The second-order valence-corrected chi connectivity index (χ2v) is 4.11. The van der Waals surface area contributed by atoms with E-state index in [9.17, 15) is 9.59 Å². The first kappa shape index (κ1) is 13.2. The molecule has 1 amide bonds. The summed E-state index contributed by atoms with van der Waals surface area (Å²) in [5, 5.41) is 0. The normalized spacial score (nSPS) is 10.2. The van der Waals surface area contributed by atoms with E-state index in [0.29, 0.717) is 12.0 Å². The van der Waals surface area contributed by atoms with Crippen LogP contribution < -0.4 is 11.5 Å². The quantitative estimate of drug-likeness (QED) is 0.603. The first-order valence-corrected chi connectivity index (χ1v) is 5.71. The van der Waals surface area contributed by atoms with Crippen LogP contribution in [0, 0.1) is 6.92 Å². The lowest BCUT2D eigenvalue weighted by Gasteiger charge is -2.11. The van der Waals surface area contributed by atoms with Crippen molar-refractivity contribution in [1.29, 1.82) is 0 Å². The number of carbonyl (C=O) groups excluding carboxylic acids is 2. The number of hydrogen-bond acceptors (Lipinski definition) is 3. The van der Waals surface area contributed by atoms with Gasteiger partial charge in [0.25, 0.3) is 5.91 Å². The minimum atomic E-state index is -0.605. The number of hydrogen-bond donors (Lipinski definition) is 2. The Morgan fingerprint density at radius 2 is 1.94 bits per heavy atom. The first-order valence-electron chi connectivity index (χ1n) is 5.71. The highest BCUT2D eigenvalue weighted by molar-refractivity contribution is 6.08. The second-order valence-electron chi connectivity index (χ2n) is 4.11. The number of aryl methyl sites for hydroxylation is 1. The average Bonchev–Trinajstić information content (AvgIpc) is 2.25. The summed E-state index contributed by atoms with van der Waals surface area (Å²) in [5.41, 5.74) is 12.7. The summed E-state index contributed by atoms with van der Waals surface area (Å²) in [6.07, 6.45) is 2.21. The summed E-state index contributed by atoms with van der Waals surface area (Å²) in [7, 11) is 0. The third kappa shape index (κ3) is 2.84. The number of rotatable bonds is 5. The van der Waals surface area contributed by atoms with Crippen LogP contribution >= 0.6 is 0 Å². The van der Waals surface area contributed by atoms with Gasteiger partial charge in [-0.25, -0.2) is 0 Å². The van der Waals surface area contributed by atoms with E-state index in [-0.39, 0.29) is 17.0 Å². The third-order valence-electron chi connectivity index (χ3n) is 2.76. The molecule has 0 aliphatic rings. The summed E-state index contributed by atoms with van der Waals surface area (Å²) >= 11 is 0. The molecule has 4 nitrogen and oxygen atoms in total. The molecule has 0 spiro atoms. The lowest BCUT2D eigenvalue weighted by Crippen LogP contribution is -2.17. The topological polar surface area (TPSA) is 86.2 Å². The molecule has 0 aliphatic heterocycles. The number of benzene rings is 1. The molecule has 0 radical (unpaired) electrons. The molecular formula is C13H18N2O2. The van der Waals surface area contributed by atoms with Crippen LogP contribution in [0.25, 0.3) is 0 Å². The summed E-state index contributed by atoms with van der Waals surface area (Å²) in [6, 6.07) is 3.26. The molecule has 17 heavy (non-hydrogen) atoms. The number of nitrogens with two attached hydrogens (primary N) is 2. The average molecular weight is 234 g/mol. The number of anilines is 1. The van der Waals surface area contributed by atoms with Gasteiger partial charge in [0.2, 0.25) is 0 Å². The van der Waals surface area contributed by atoms with E-state index >= 15 is 0 Å². The molecule has 0 saturated carbocycles. The predicted molar refractivity (Wildman–Crippen MR) is 68.0 cm³/mol. The summed E-state index contributed by atoms with van der Waals surface area (Å²) in [4.78, 5) is 23.1. The minimum absolute atomic E-state index is 0.0232. The maximum atomic E-state index is 12.0. The SMILES string of the molecule is CCCCC(=O)c1c(C)ccc(C(N)=O)c1N. The van der Waals surface area contributed by atoms with Crippen LogP contribution in [0.15, 0.2) is 12.1 Å². The molecule has 0 unspecified atom stereocenters. The van der Waals surface area contributed by atoms with Crippen LogP contribution in [0.1, 0.15) is 52.5 Å². The van der Waals surface area contributed by atoms with Gasteiger partial charge in [0, 0.05) is 12.0 Å². The lowest BCUT2D eigenvalue weighted by atomic mass is 9.96. The van der Waals surface area contributed by atoms with Gasteiger partial charge in [-0.05, 0) is 25.0 Å². The molecule has 4 heteroatoms. The van der Waals surface area contributed by atoms with E-state index in [4.69, 9.17) is 11.5 Å². The molecule has 0 heterocycles. The zero-order chi connectivity index (χ0) is 13.0. The van der Waals surface area contributed by atoms with Crippen molar-refractivity contribution in [2.45, 2.75) is 33.1 Å². The van der Waals surface area contributed by atoms with Crippen molar-refractivity contribution < 1.29 is 9.59 Å². The molecule has 0 bridgehead atoms. The summed E-state index contributed by atoms with van der Waals surface area (Å²) < 4.78 is 0. The molecule has 0 aromatic heterocycles. The maximum absolute atomic E-state index is 12.0. The molecule has 0 aliphatic carbocycles. The molecular weight excluding hydrogens is 216 g/mol. The van der Waals surface area contributed by atoms with Crippen molar-refractivity contribution >= 4 is 17.4 Å². The highest BCUT2D eigenvalue weighted by Gasteiger charge is 2.17. The molecule has 0 saturated heterocycles. The molecule has 1 aromatic carbocycles. The zero-order valence-corrected chi connectivity index (χ0v) is 10.2. The Bertz CT molecular complexity index is 453. The number of carbonyl (C=O) groups is 2. The molecule has 1 aromatic rings. The van der Waals surface area contributed by atoms with Crippen LogP contribution in [0.2, 0.25) is 0 Å². The molecule has 4 N–H and O–H groups in total. The Morgan fingerprint density at radius 3 is 2.47 bits per heavy atom. The third-order valence-corrected chi connectivity index (χ3v) is 2.76. The smallest absolute Gasteiger partial charge is 0.250 e. The molecule has 0 fully saturated rings. The lowest BCUT2D eigenvalue weighted by molar-refractivity contribution is 0.0980. The number of amides is 1. The zero-order valence-electron chi connectivity index (χ0n) is 10.2. The van der Waals surface area contributed by atoms with E-state index in [1.165, 1.54) is 0 Å². The van der Waals surface area contributed by atoms with Gasteiger partial charge in [-0.1, -0.05) is 19.4 Å². The van der Waals surface area contributed by atoms with Gasteiger partial charge in [0.05, 0.1) is 11.3 Å². The minimum Gasteiger partial charge on any atom is -0.397 e. The van der Waals surface area contributed by atoms with Crippen molar-refractivity contribution in [3.63, 3.8) is 0 Å². The Balaban J connectivity index is 3.18. The van der Waals surface area contributed by atoms with Crippen LogP contribution in [-0.2, 0) is 0 Å².